The van der Waals surface area contributed by atoms with Crippen molar-refractivity contribution in [1.82, 2.24) is 10.2 Å². The van der Waals surface area contributed by atoms with E-state index in [1.54, 1.807) is 24.1 Å². The predicted octanol–water partition coefficient (Wildman–Crippen LogP) is 0.353. The van der Waals surface area contributed by atoms with Crippen LogP contribution in [0.1, 0.15) is 22.8 Å². The van der Waals surface area contributed by atoms with E-state index >= 15 is 0 Å². The van der Waals surface area contributed by atoms with Gasteiger partial charge in [0, 0.05) is 25.7 Å². The van der Waals surface area contributed by atoms with Crippen LogP contribution >= 0.6 is 0 Å². The summed E-state index contributed by atoms with van der Waals surface area (Å²) in [6.45, 7) is 3.53. The summed E-state index contributed by atoms with van der Waals surface area (Å²) in [6.07, 6.45) is 0. The lowest BCUT2D eigenvalue weighted by Gasteiger charge is -2.14. The molecule has 0 atom stereocenters. The number of carbonyl (C=O) groups is 2. The maximum Gasteiger partial charge on any atom is 0.248 e. The highest BCUT2D eigenvalue weighted by atomic mass is 16.2. The highest BCUT2D eigenvalue weighted by Gasteiger charge is 2.05. The van der Waals surface area contributed by atoms with Gasteiger partial charge in [-0.3, -0.25) is 9.59 Å². The van der Waals surface area contributed by atoms with Gasteiger partial charge in [-0.2, -0.15) is 0 Å². The molecule has 0 spiro atoms. The lowest BCUT2D eigenvalue weighted by molar-refractivity contribution is -0.128. The molecule has 0 radical (unpaired) electrons. The van der Waals surface area contributed by atoms with Crippen molar-refractivity contribution in [3.63, 3.8) is 0 Å². The minimum Gasteiger partial charge on any atom is -0.366 e. The van der Waals surface area contributed by atoms with Gasteiger partial charge in [-0.1, -0.05) is 12.1 Å². The minimum atomic E-state index is -0.436. The van der Waals surface area contributed by atoms with Gasteiger partial charge in [0.25, 0.3) is 0 Å². The molecule has 0 aliphatic carbocycles. The third-order valence-electron chi connectivity index (χ3n) is 2.74. The molecule has 5 nitrogen and oxygen atoms in total. The van der Waals surface area contributed by atoms with E-state index in [0.29, 0.717) is 25.2 Å². The number of nitrogens with two attached hydrogens (primary N) is 1. The van der Waals surface area contributed by atoms with Crippen LogP contribution in [0.25, 0.3) is 0 Å². The first-order chi connectivity index (χ1) is 8.54. The molecule has 0 unspecified atom stereocenters. The standard InChI is InChI=1S/C13H19N3O2/c1-3-16(2)12(17)9-15-8-10-4-6-11(7-5-10)13(14)18/h4-7,15H,3,8-9H2,1-2H3,(H2,14,18). The van der Waals surface area contributed by atoms with Crippen LogP contribution in [0.4, 0.5) is 0 Å². The van der Waals surface area contributed by atoms with E-state index in [-0.39, 0.29) is 5.91 Å². The van der Waals surface area contributed by atoms with E-state index in [9.17, 15) is 9.59 Å². The molecule has 0 aromatic heterocycles. The summed E-state index contributed by atoms with van der Waals surface area (Å²) in [5.74, 6) is -0.375. The first-order valence-corrected chi connectivity index (χ1v) is 5.88. The molecule has 5 heteroatoms. The quantitative estimate of drug-likeness (QED) is 0.764. The lowest BCUT2D eigenvalue weighted by atomic mass is 10.1. The summed E-state index contributed by atoms with van der Waals surface area (Å²) in [7, 11) is 1.77. The molecule has 0 bridgehead atoms. The fraction of sp³-hybridized carbons (Fsp3) is 0.385. The molecule has 2 amide bonds. The van der Waals surface area contributed by atoms with Gasteiger partial charge in [-0.15, -0.1) is 0 Å². The summed E-state index contributed by atoms with van der Waals surface area (Å²) in [4.78, 5) is 24.0. The number of benzene rings is 1. The van der Waals surface area contributed by atoms with Crippen LogP contribution in [0, 0.1) is 0 Å². The van der Waals surface area contributed by atoms with Gasteiger partial charge >= 0.3 is 0 Å². The normalized spacial score (nSPS) is 10.1. The maximum absolute atomic E-state index is 11.5. The molecule has 98 valence electrons. The molecule has 0 saturated heterocycles. The third-order valence-corrected chi connectivity index (χ3v) is 2.74. The number of amides is 2. The molecule has 18 heavy (non-hydrogen) atoms. The molecule has 1 aromatic rings. The van der Waals surface area contributed by atoms with Gasteiger partial charge < -0.3 is 16.0 Å². The van der Waals surface area contributed by atoms with Gasteiger partial charge in [0.2, 0.25) is 11.8 Å². The Bertz CT molecular complexity index is 415. The summed E-state index contributed by atoms with van der Waals surface area (Å²) >= 11 is 0. The number of primary amides is 1. The number of nitrogens with zero attached hydrogens (tertiary/aromatic N) is 1. The first-order valence-electron chi connectivity index (χ1n) is 5.88. The van der Waals surface area contributed by atoms with Gasteiger partial charge in [0.1, 0.15) is 0 Å². The van der Waals surface area contributed by atoms with Crippen LogP contribution in [-0.2, 0) is 11.3 Å². The van der Waals surface area contributed by atoms with Gasteiger partial charge in [0.15, 0.2) is 0 Å². The van der Waals surface area contributed by atoms with Crippen LogP contribution in [0.3, 0.4) is 0 Å². The van der Waals surface area contributed by atoms with Crippen molar-refractivity contribution in [3.8, 4) is 0 Å². The van der Waals surface area contributed by atoms with Crippen molar-refractivity contribution < 1.29 is 9.59 Å². The molecule has 0 aliphatic rings. The Morgan fingerprint density at radius 3 is 2.39 bits per heavy atom. The first kappa shape index (κ1) is 14.2. The Balaban J connectivity index is 2.40. The number of carbonyl (C=O) groups excluding carboxylic acids is 2. The van der Waals surface area contributed by atoms with E-state index in [4.69, 9.17) is 5.73 Å². The second-order valence-corrected chi connectivity index (χ2v) is 4.07. The van der Waals surface area contributed by atoms with E-state index in [0.717, 1.165) is 5.56 Å². The van der Waals surface area contributed by atoms with Crippen molar-refractivity contribution in [2.24, 2.45) is 5.73 Å². The number of likely N-dealkylation sites (N-methyl/N-ethyl adjacent to an activating group) is 1. The number of rotatable bonds is 6. The van der Waals surface area contributed by atoms with Gasteiger partial charge in [0.05, 0.1) is 6.54 Å². The van der Waals surface area contributed by atoms with Crippen LogP contribution < -0.4 is 11.1 Å². The van der Waals surface area contributed by atoms with Gasteiger partial charge in [-0.05, 0) is 24.6 Å². The zero-order chi connectivity index (χ0) is 13.5. The SMILES string of the molecule is CCN(C)C(=O)CNCc1ccc(C(N)=O)cc1. The molecule has 0 heterocycles. The molecule has 1 rings (SSSR count). The maximum atomic E-state index is 11.5. The molecule has 0 saturated carbocycles. The van der Waals surface area contributed by atoms with Crippen molar-refractivity contribution in [2.45, 2.75) is 13.5 Å². The summed E-state index contributed by atoms with van der Waals surface area (Å²) in [5.41, 5.74) is 6.64. The Hall–Kier alpha value is -1.88. The fourth-order valence-corrected chi connectivity index (χ4v) is 1.41. The monoisotopic (exact) mass is 249 g/mol. The molecule has 3 N–H and O–H groups in total. The summed E-state index contributed by atoms with van der Waals surface area (Å²) < 4.78 is 0. The number of hydrogen-bond acceptors (Lipinski definition) is 3. The van der Waals surface area contributed by atoms with E-state index < -0.39 is 5.91 Å². The summed E-state index contributed by atoms with van der Waals surface area (Å²) in [6, 6.07) is 7.00. The second kappa shape index (κ2) is 6.76. The van der Waals surface area contributed by atoms with Crippen LogP contribution in [0.5, 0.6) is 0 Å². The Labute approximate surface area is 107 Å². The van der Waals surface area contributed by atoms with Crippen molar-refractivity contribution in [1.29, 1.82) is 0 Å². The van der Waals surface area contributed by atoms with Crippen LogP contribution in [-0.4, -0.2) is 36.9 Å². The largest absolute Gasteiger partial charge is 0.366 e. The number of nitrogens with one attached hydrogen (secondary N) is 1. The van der Waals surface area contributed by atoms with Crippen LogP contribution in [0.2, 0.25) is 0 Å². The van der Waals surface area contributed by atoms with Crippen molar-refractivity contribution in [3.05, 3.63) is 35.4 Å². The smallest absolute Gasteiger partial charge is 0.248 e. The van der Waals surface area contributed by atoms with Crippen LogP contribution in [0.15, 0.2) is 24.3 Å². The fourth-order valence-electron chi connectivity index (χ4n) is 1.41. The molecule has 0 fully saturated rings. The zero-order valence-corrected chi connectivity index (χ0v) is 10.8. The van der Waals surface area contributed by atoms with E-state index in [2.05, 4.69) is 5.32 Å². The third kappa shape index (κ3) is 4.18. The molecular weight excluding hydrogens is 230 g/mol. The molecular formula is C13H19N3O2. The summed E-state index contributed by atoms with van der Waals surface area (Å²) in [5, 5.41) is 3.06. The van der Waals surface area contributed by atoms with Crippen molar-refractivity contribution >= 4 is 11.8 Å². The van der Waals surface area contributed by atoms with Gasteiger partial charge in [-0.25, -0.2) is 0 Å². The highest BCUT2D eigenvalue weighted by molar-refractivity contribution is 5.92. The Morgan fingerprint density at radius 2 is 1.89 bits per heavy atom. The average molecular weight is 249 g/mol. The highest BCUT2D eigenvalue weighted by Crippen LogP contribution is 2.03. The second-order valence-electron chi connectivity index (χ2n) is 4.07. The van der Waals surface area contributed by atoms with Crippen molar-refractivity contribution in [2.75, 3.05) is 20.1 Å². The topological polar surface area (TPSA) is 75.4 Å². The van der Waals surface area contributed by atoms with E-state index in [1.807, 2.05) is 19.1 Å². The predicted molar refractivity (Wildman–Crippen MR) is 70.0 cm³/mol. The Kier molecular flexibility index (Phi) is 5.32. The molecule has 1 aromatic carbocycles. The van der Waals surface area contributed by atoms with E-state index in [1.165, 1.54) is 0 Å². The number of hydrogen-bond donors (Lipinski definition) is 2. The zero-order valence-electron chi connectivity index (χ0n) is 10.8. The lowest BCUT2D eigenvalue weighted by Crippen LogP contribution is -2.35. The average Bonchev–Trinajstić information content (AvgIpc) is 2.38. The minimum absolute atomic E-state index is 0.0613. The Morgan fingerprint density at radius 1 is 1.28 bits per heavy atom. The molecule has 0 aliphatic heterocycles.